The minimum absolute atomic E-state index is 0.00596. The Kier molecular flexibility index (Phi) is 9.94. The molecule has 7 atom stereocenters. The van der Waals surface area contributed by atoms with E-state index in [9.17, 15) is 32.7 Å². The third-order valence-corrected chi connectivity index (χ3v) is 14.0. The largest absolute Gasteiger partial charge is 0.497 e. The lowest BCUT2D eigenvalue weighted by Crippen LogP contribution is -2.59. The van der Waals surface area contributed by atoms with Crippen LogP contribution in [-0.2, 0) is 30.8 Å². The number of aryl methyl sites for hydroxylation is 1. The highest BCUT2D eigenvalue weighted by Crippen LogP contribution is 2.48. The molecule has 54 heavy (non-hydrogen) atoms. The zero-order valence-corrected chi connectivity index (χ0v) is 31.9. The number of ether oxygens (including phenoxy) is 3. The Morgan fingerprint density at radius 2 is 1.93 bits per heavy atom. The number of benzene rings is 1. The molecule has 15 nitrogen and oxygen atoms in total. The Hall–Kier alpha value is -4.60. The summed E-state index contributed by atoms with van der Waals surface area (Å²) in [5.41, 5.74) is -0.624. The number of carboxylic acid groups (broad SMARTS) is 1. The van der Waals surface area contributed by atoms with Gasteiger partial charge in [-0.25, -0.2) is 13.2 Å². The summed E-state index contributed by atoms with van der Waals surface area (Å²) in [5.74, 6) is -1.52. The Morgan fingerprint density at radius 3 is 2.65 bits per heavy atom. The molecule has 2 saturated carbocycles. The number of hydrogen-bond donors (Lipinski definition) is 4. The maximum Gasteiger partial charge on any atom is 0.405 e. The van der Waals surface area contributed by atoms with Gasteiger partial charge in [-0.15, -0.1) is 0 Å². The fourth-order valence-electron chi connectivity index (χ4n) is 8.18. The van der Waals surface area contributed by atoms with Crippen molar-refractivity contribution in [2.75, 3.05) is 20.3 Å². The van der Waals surface area contributed by atoms with Gasteiger partial charge in [-0.2, -0.15) is 4.98 Å². The minimum atomic E-state index is -4.01. The topological polar surface area (TPSA) is 203 Å². The monoisotopic (exact) mass is 767 g/mol. The molecule has 0 spiro atoms. The molecule has 292 valence electrons. The van der Waals surface area contributed by atoms with Gasteiger partial charge in [0.25, 0.3) is 5.91 Å². The smallest absolute Gasteiger partial charge is 0.405 e. The fraction of sp³-hybridized carbons (Fsp3) is 0.605. The van der Waals surface area contributed by atoms with Crippen LogP contribution in [0, 0.1) is 17.8 Å². The van der Waals surface area contributed by atoms with Crippen molar-refractivity contribution in [3.05, 3.63) is 35.9 Å². The van der Waals surface area contributed by atoms with Crippen LogP contribution in [0.1, 0.15) is 77.7 Å². The number of nitrogens with one attached hydrogen (secondary N) is 3. The maximum absolute atomic E-state index is 14.5. The summed E-state index contributed by atoms with van der Waals surface area (Å²) in [6, 6.07) is 3.18. The summed E-state index contributed by atoms with van der Waals surface area (Å²) < 4.78 is 45.5. The second-order valence-corrected chi connectivity index (χ2v) is 18.1. The number of allylic oxidation sites excluding steroid dienone is 1. The zero-order valence-electron chi connectivity index (χ0n) is 31.1. The van der Waals surface area contributed by atoms with Crippen LogP contribution in [0.3, 0.4) is 0 Å². The molecule has 7 rings (SSSR count). The Balaban J connectivity index is 1.24. The molecule has 0 bridgehead atoms. The van der Waals surface area contributed by atoms with E-state index in [4.69, 9.17) is 19.2 Å². The first-order valence-electron chi connectivity index (χ1n) is 18.8. The first kappa shape index (κ1) is 37.7. The molecule has 1 aromatic heterocycles. The molecule has 4 amide bonds. The van der Waals surface area contributed by atoms with Crippen LogP contribution in [0.25, 0.3) is 10.8 Å². The number of methoxy groups -OCH3 is 1. The van der Waals surface area contributed by atoms with Crippen LogP contribution in [0.5, 0.6) is 17.5 Å². The van der Waals surface area contributed by atoms with Crippen molar-refractivity contribution in [1.29, 1.82) is 0 Å². The first-order chi connectivity index (χ1) is 25.6. The van der Waals surface area contributed by atoms with E-state index in [0.717, 1.165) is 30.2 Å². The van der Waals surface area contributed by atoms with Crippen LogP contribution in [-0.4, -0.2) is 96.0 Å². The van der Waals surface area contributed by atoms with E-state index < -0.39 is 74.1 Å². The van der Waals surface area contributed by atoms with Crippen molar-refractivity contribution < 1.29 is 46.9 Å². The molecule has 5 aliphatic rings. The molecule has 2 aliphatic carbocycles. The number of amides is 4. The van der Waals surface area contributed by atoms with Crippen LogP contribution >= 0.6 is 0 Å². The summed E-state index contributed by atoms with van der Waals surface area (Å²) in [6.07, 6.45) is 6.16. The third kappa shape index (κ3) is 7.16. The predicted octanol–water partition coefficient (Wildman–Crippen LogP) is 3.44. The molecule has 3 aliphatic heterocycles. The van der Waals surface area contributed by atoms with Gasteiger partial charge in [-0.05, 0) is 93.7 Å². The highest BCUT2D eigenvalue weighted by molar-refractivity contribution is 7.91. The molecule has 4 N–H and O–H groups in total. The minimum Gasteiger partial charge on any atom is -0.497 e. The lowest BCUT2D eigenvalue weighted by Gasteiger charge is -2.32. The number of carbonyl (C=O) groups is 4. The number of aromatic nitrogens is 1. The Labute approximate surface area is 314 Å². The quantitative estimate of drug-likeness (QED) is 0.301. The van der Waals surface area contributed by atoms with E-state index in [2.05, 4.69) is 15.4 Å². The van der Waals surface area contributed by atoms with Crippen molar-refractivity contribution in [2.24, 2.45) is 17.8 Å². The van der Waals surface area contributed by atoms with E-state index in [1.807, 2.05) is 38.1 Å². The zero-order chi connectivity index (χ0) is 38.6. The number of pyridine rings is 1. The Morgan fingerprint density at radius 1 is 1.15 bits per heavy atom. The van der Waals surface area contributed by atoms with E-state index in [-0.39, 0.29) is 31.2 Å². The van der Waals surface area contributed by atoms with Crippen molar-refractivity contribution in [1.82, 2.24) is 25.2 Å². The van der Waals surface area contributed by atoms with Crippen LogP contribution in [0.2, 0.25) is 0 Å². The average molecular weight is 768 g/mol. The van der Waals surface area contributed by atoms with Gasteiger partial charge >= 0.3 is 6.09 Å². The van der Waals surface area contributed by atoms with E-state index in [0.29, 0.717) is 49.3 Å². The SMILES string of the molecule is COc1ccc2c(O[C@@H]3C[C@H]4C(=O)N[C@]5(C(=O)NS(=O)(=O)C6(C)CC6)C[C@H]5C=CCC[C@H](C)C[C@@H](C)[C@H](NC(=O)O)C(=O)N4C3)nc3c(c2c1)CCCO3. The van der Waals surface area contributed by atoms with Gasteiger partial charge < -0.3 is 34.9 Å². The summed E-state index contributed by atoms with van der Waals surface area (Å²) in [4.78, 5) is 60.9. The summed E-state index contributed by atoms with van der Waals surface area (Å²) in [6.45, 7) is 5.84. The standard InChI is InChI=1S/C38H49N5O10S/c1-21-8-5-6-9-23-19-38(23,35(46)42-54(49,50)37(3)13-14-37)41-31(44)29-18-25(20-43(29)34(45)30(22(2)16-21)39-36(47)48)53-33-27-12-11-24(51-4)17-28(27)26-10-7-15-52-32(26)40-33/h6,9,11-12,17,21-23,25,29-30,39H,5,7-8,10,13-16,18-20H2,1-4H3,(H,41,44)(H,42,46)(H,47,48)/t21-,22+,23+,25+,29-,30-,38+/m0/s1. The maximum atomic E-state index is 14.5. The molecular weight excluding hydrogens is 719 g/mol. The van der Waals surface area contributed by atoms with Gasteiger partial charge in [0.05, 0.1) is 25.0 Å². The van der Waals surface area contributed by atoms with Crippen molar-refractivity contribution in [2.45, 2.75) is 107 Å². The number of sulfonamides is 1. The van der Waals surface area contributed by atoms with Crippen LogP contribution < -0.4 is 29.6 Å². The van der Waals surface area contributed by atoms with Gasteiger partial charge in [0.2, 0.25) is 33.6 Å². The van der Waals surface area contributed by atoms with E-state index in [1.165, 1.54) is 4.90 Å². The lowest BCUT2D eigenvalue weighted by atomic mass is 9.88. The van der Waals surface area contributed by atoms with Crippen molar-refractivity contribution in [3.63, 3.8) is 0 Å². The molecule has 4 heterocycles. The van der Waals surface area contributed by atoms with Gasteiger partial charge in [-0.3, -0.25) is 19.1 Å². The molecule has 3 fully saturated rings. The highest BCUT2D eigenvalue weighted by atomic mass is 32.2. The van der Waals surface area contributed by atoms with Crippen molar-refractivity contribution in [3.8, 4) is 17.5 Å². The molecular formula is C38H49N5O10S. The van der Waals surface area contributed by atoms with E-state index >= 15 is 0 Å². The fourth-order valence-corrected chi connectivity index (χ4v) is 9.49. The predicted molar refractivity (Wildman–Crippen MR) is 197 cm³/mol. The molecule has 1 saturated heterocycles. The summed E-state index contributed by atoms with van der Waals surface area (Å²) >= 11 is 0. The number of carbonyl (C=O) groups excluding carboxylic acids is 3. The van der Waals surface area contributed by atoms with Gasteiger partial charge in [0.15, 0.2) is 0 Å². The molecule has 16 heteroatoms. The van der Waals surface area contributed by atoms with Crippen LogP contribution in [0.15, 0.2) is 30.4 Å². The van der Waals surface area contributed by atoms with Gasteiger partial charge in [0.1, 0.15) is 29.5 Å². The van der Waals surface area contributed by atoms with Crippen molar-refractivity contribution >= 4 is 44.6 Å². The lowest BCUT2D eigenvalue weighted by molar-refractivity contribution is -0.142. The number of hydrogen-bond acceptors (Lipinski definition) is 10. The number of fused-ring (bicyclic) bond motifs is 5. The van der Waals surface area contributed by atoms with Gasteiger partial charge in [-0.1, -0.05) is 26.0 Å². The summed E-state index contributed by atoms with van der Waals surface area (Å²) in [7, 11) is -2.43. The molecule has 0 unspecified atom stereocenters. The van der Waals surface area contributed by atoms with Gasteiger partial charge in [0, 0.05) is 23.3 Å². The third-order valence-electron chi connectivity index (χ3n) is 11.9. The average Bonchev–Trinajstić information content (AvgIpc) is 4.01. The highest BCUT2D eigenvalue weighted by Gasteiger charge is 2.63. The van der Waals surface area contributed by atoms with Crippen LogP contribution in [0.4, 0.5) is 4.79 Å². The molecule has 1 aromatic carbocycles. The first-order valence-corrected chi connectivity index (χ1v) is 20.3. The molecule has 0 radical (unpaired) electrons. The van der Waals surface area contributed by atoms with E-state index in [1.54, 1.807) is 20.1 Å². The normalized spacial score (nSPS) is 30.6. The second kappa shape index (κ2) is 14.2. The molecule has 2 aromatic rings. The number of nitrogens with zero attached hydrogens (tertiary/aromatic N) is 2. The second-order valence-electron chi connectivity index (χ2n) is 16.0. The summed E-state index contributed by atoms with van der Waals surface area (Å²) in [5, 5.41) is 16.6. The number of rotatable bonds is 7. The Bertz CT molecular complexity index is 2000.